The minimum Gasteiger partial charge on any atom is -0.376 e. The smallest absolute Gasteiger partial charge is 0.315 e. The number of benzene rings is 1. The van der Waals surface area contributed by atoms with Gasteiger partial charge in [-0.3, -0.25) is 4.79 Å². The van der Waals surface area contributed by atoms with Crippen molar-refractivity contribution in [2.24, 2.45) is 0 Å². The first-order valence-corrected chi connectivity index (χ1v) is 8.14. The lowest BCUT2D eigenvalue weighted by atomic mass is 10.0. The molecule has 0 spiro atoms. The van der Waals surface area contributed by atoms with E-state index >= 15 is 0 Å². The second-order valence-corrected chi connectivity index (χ2v) is 6.32. The van der Waals surface area contributed by atoms with Gasteiger partial charge in [-0.2, -0.15) is 0 Å². The van der Waals surface area contributed by atoms with Gasteiger partial charge in [0, 0.05) is 12.3 Å². The van der Waals surface area contributed by atoms with E-state index < -0.39 is 0 Å². The third-order valence-corrected chi connectivity index (χ3v) is 4.48. The molecule has 2 aliphatic heterocycles. The molecule has 0 saturated carbocycles. The largest absolute Gasteiger partial charge is 0.376 e. The van der Waals surface area contributed by atoms with Crippen LogP contribution in [-0.2, 0) is 16.0 Å². The highest BCUT2D eigenvalue weighted by atomic mass is 16.5. The maximum Gasteiger partial charge on any atom is 0.315 e. The normalized spacial score (nSPS) is 22.2. The van der Waals surface area contributed by atoms with Gasteiger partial charge in [0.05, 0.1) is 24.6 Å². The fraction of sp³-hybridized carbons (Fsp3) is 0.529. The van der Waals surface area contributed by atoms with Gasteiger partial charge in [0.15, 0.2) is 0 Å². The first kappa shape index (κ1) is 15.8. The van der Waals surface area contributed by atoms with Gasteiger partial charge in [-0.05, 0) is 43.9 Å². The fourth-order valence-corrected chi connectivity index (χ4v) is 3.14. The highest BCUT2D eigenvalue weighted by molar-refractivity contribution is 5.99. The Morgan fingerprint density at radius 2 is 2.17 bits per heavy atom. The summed E-state index contributed by atoms with van der Waals surface area (Å²) in [6.45, 7) is 4.67. The zero-order valence-corrected chi connectivity index (χ0v) is 13.5. The molecule has 3 rings (SSSR count). The number of anilines is 1. The number of amides is 3. The minimum atomic E-state index is -0.199. The lowest BCUT2D eigenvalue weighted by Crippen LogP contribution is -2.46. The maximum absolute atomic E-state index is 12.1. The van der Waals surface area contributed by atoms with E-state index in [4.69, 9.17) is 4.74 Å². The second kappa shape index (κ2) is 6.58. The first-order valence-electron chi connectivity index (χ1n) is 8.14. The molecule has 0 radical (unpaired) electrons. The first-order chi connectivity index (χ1) is 11.0. The number of carbonyl (C=O) groups is 2. The van der Waals surface area contributed by atoms with Gasteiger partial charge in [-0.15, -0.1) is 0 Å². The van der Waals surface area contributed by atoms with Crippen LogP contribution in [0, 0.1) is 0 Å². The average Bonchev–Trinajstić information content (AvgIpc) is 3.14. The maximum atomic E-state index is 12.1. The van der Waals surface area contributed by atoms with Gasteiger partial charge >= 0.3 is 6.03 Å². The number of carbonyl (C=O) groups excluding carboxylic acids is 2. The van der Waals surface area contributed by atoms with E-state index in [1.807, 2.05) is 32.0 Å². The molecule has 23 heavy (non-hydrogen) atoms. The Balaban J connectivity index is 1.56. The zero-order valence-electron chi connectivity index (χ0n) is 13.5. The molecule has 1 aromatic rings. The summed E-state index contributed by atoms with van der Waals surface area (Å²) in [5.41, 5.74) is 2.83. The predicted octanol–water partition coefficient (Wildman–Crippen LogP) is 2.11. The molecule has 6 heteroatoms. The Labute approximate surface area is 136 Å². The third-order valence-electron chi connectivity index (χ3n) is 4.48. The van der Waals surface area contributed by atoms with Gasteiger partial charge < -0.3 is 20.7 Å². The van der Waals surface area contributed by atoms with Crippen LogP contribution in [-0.4, -0.2) is 30.7 Å². The summed E-state index contributed by atoms with van der Waals surface area (Å²) in [5, 5.41) is 8.69. The lowest BCUT2D eigenvalue weighted by Gasteiger charge is -2.22. The van der Waals surface area contributed by atoms with Crippen LogP contribution >= 0.6 is 0 Å². The molecule has 0 unspecified atom stereocenters. The highest BCUT2D eigenvalue weighted by Crippen LogP contribution is 2.26. The summed E-state index contributed by atoms with van der Waals surface area (Å²) >= 11 is 0. The molecule has 6 nitrogen and oxygen atoms in total. The molecular formula is C17H23N3O3. The van der Waals surface area contributed by atoms with Crippen LogP contribution in [0.2, 0.25) is 0 Å². The number of nitrogens with one attached hydrogen (secondary N) is 3. The third kappa shape index (κ3) is 3.64. The number of fused-ring (bicyclic) bond motifs is 1. The monoisotopic (exact) mass is 317 g/mol. The number of hydrogen-bond acceptors (Lipinski definition) is 3. The summed E-state index contributed by atoms with van der Waals surface area (Å²) in [4.78, 5) is 23.5. The molecule has 3 N–H and O–H groups in total. The molecule has 2 aliphatic rings. The molecule has 2 heterocycles. The van der Waals surface area contributed by atoms with Crippen molar-refractivity contribution >= 4 is 17.6 Å². The molecule has 0 aromatic heterocycles. The summed E-state index contributed by atoms with van der Waals surface area (Å²) in [6.07, 6.45) is 2.55. The van der Waals surface area contributed by atoms with E-state index in [2.05, 4.69) is 16.0 Å². The number of rotatable bonds is 4. The molecule has 3 amide bonds. The Hall–Kier alpha value is -2.08. The SMILES string of the molecule is C[C@H](NC(=O)N[C@@H](C)[C@H]1CCCO1)c1ccc2c(c1)CC(=O)N2. The number of hydrogen-bond donors (Lipinski definition) is 3. The van der Waals surface area contributed by atoms with Gasteiger partial charge in [-0.25, -0.2) is 4.79 Å². The van der Waals surface area contributed by atoms with Crippen LogP contribution in [0.1, 0.15) is 43.9 Å². The zero-order chi connectivity index (χ0) is 16.4. The van der Waals surface area contributed by atoms with E-state index in [1.54, 1.807) is 0 Å². The van der Waals surface area contributed by atoms with Crippen LogP contribution in [0.3, 0.4) is 0 Å². The van der Waals surface area contributed by atoms with Crippen molar-refractivity contribution in [3.8, 4) is 0 Å². The molecule has 0 aliphatic carbocycles. The molecule has 0 bridgehead atoms. The van der Waals surface area contributed by atoms with Gasteiger partial charge in [0.1, 0.15) is 0 Å². The Morgan fingerprint density at radius 1 is 1.35 bits per heavy atom. The topological polar surface area (TPSA) is 79.5 Å². The number of ether oxygens (including phenoxy) is 1. The predicted molar refractivity (Wildman–Crippen MR) is 87.3 cm³/mol. The van der Waals surface area contributed by atoms with Gasteiger partial charge in [-0.1, -0.05) is 12.1 Å². The van der Waals surface area contributed by atoms with Crippen molar-refractivity contribution in [2.45, 2.75) is 51.3 Å². The van der Waals surface area contributed by atoms with E-state index in [0.29, 0.717) is 6.42 Å². The summed E-state index contributed by atoms with van der Waals surface area (Å²) in [5.74, 6) is 0.0147. The van der Waals surface area contributed by atoms with E-state index in [9.17, 15) is 9.59 Å². The molecular weight excluding hydrogens is 294 g/mol. The van der Waals surface area contributed by atoms with Crippen molar-refractivity contribution in [2.75, 3.05) is 11.9 Å². The molecule has 1 fully saturated rings. The van der Waals surface area contributed by atoms with E-state index in [1.165, 1.54) is 0 Å². The van der Waals surface area contributed by atoms with Gasteiger partial charge in [0.2, 0.25) is 5.91 Å². The van der Waals surface area contributed by atoms with Crippen LogP contribution in [0.25, 0.3) is 0 Å². The van der Waals surface area contributed by atoms with Crippen LogP contribution < -0.4 is 16.0 Å². The Bertz CT molecular complexity index is 611. The van der Waals surface area contributed by atoms with Crippen molar-refractivity contribution in [3.05, 3.63) is 29.3 Å². The summed E-state index contributed by atoms with van der Waals surface area (Å²) in [7, 11) is 0. The standard InChI is InChI=1S/C17H23N3O3/c1-10(12-5-6-14-13(8-12)9-16(21)20-14)18-17(22)19-11(2)15-4-3-7-23-15/h5-6,8,10-11,15H,3-4,7,9H2,1-2H3,(H,20,21)(H2,18,19,22)/t10-,11-,15+/m0/s1. The quantitative estimate of drug-likeness (QED) is 0.796. The van der Waals surface area contributed by atoms with Crippen molar-refractivity contribution < 1.29 is 14.3 Å². The summed E-state index contributed by atoms with van der Waals surface area (Å²) in [6, 6.07) is 5.45. The summed E-state index contributed by atoms with van der Waals surface area (Å²) < 4.78 is 5.58. The molecule has 1 aromatic carbocycles. The van der Waals surface area contributed by atoms with Crippen LogP contribution in [0.5, 0.6) is 0 Å². The Morgan fingerprint density at radius 3 is 2.91 bits per heavy atom. The second-order valence-electron chi connectivity index (χ2n) is 6.32. The van der Waals surface area contributed by atoms with Crippen molar-refractivity contribution in [3.63, 3.8) is 0 Å². The molecule has 124 valence electrons. The molecule has 3 atom stereocenters. The minimum absolute atomic E-state index is 0.00783. The average molecular weight is 317 g/mol. The van der Waals surface area contributed by atoms with Crippen molar-refractivity contribution in [1.82, 2.24) is 10.6 Å². The van der Waals surface area contributed by atoms with E-state index in [0.717, 1.165) is 36.3 Å². The molecule has 1 saturated heterocycles. The Kier molecular flexibility index (Phi) is 4.52. The van der Waals surface area contributed by atoms with Gasteiger partial charge in [0.25, 0.3) is 0 Å². The van der Waals surface area contributed by atoms with E-state index in [-0.39, 0.29) is 30.1 Å². The highest BCUT2D eigenvalue weighted by Gasteiger charge is 2.24. The van der Waals surface area contributed by atoms with Crippen LogP contribution in [0.4, 0.5) is 10.5 Å². The van der Waals surface area contributed by atoms with Crippen molar-refractivity contribution in [1.29, 1.82) is 0 Å². The number of urea groups is 1. The lowest BCUT2D eigenvalue weighted by molar-refractivity contribution is -0.115. The fourth-order valence-electron chi connectivity index (χ4n) is 3.14. The van der Waals surface area contributed by atoms with Crippen LogP contribution in [0.15, 0.2) is 18.2 Å².